The van der Waals surface area contributed by atoms with Gasteiger partial charge in [-0.2, -0.15) is 9.99 Å². The van der Waals surface area contributed by atoms with Gasteiger partial charge in [0.1, 0.15) is 5.54 Å². The van der Waals surface area contributed by atoms with Crippen molar-refractivity contribution in [1.82, 2.24) is 25.9 Å². The average molecular weight is 440 g/mol. The van der Waals surface area contributed by atoms with Crippen molar-refractivity contribution in [2.45, 2.75) is 70.8 Å². The molecule has 1 aromatic heterocycles. The Bertz CT molecular complexity index is 1010. The number of imide groups is 1. The SMILES string of the molecule is CC1CCC2(CC1)NC(=O)N(NC(=O)CCc1nc(-c3ccc(C(C)C)cc3)no1)C2=O. The van der Waals surface area contributed by atoms with Gasteiger partial charge in [0.2, 0.25) is 17.6 Å². The zero-order valence-corrected chi connectivity index (χ0v) is 18.7. The minimum atomic E-state index is -0.886. The molecular weight excluding hydrogens is 410 g/mol. The molecule has 0 radical (unpaired) electrons. The highest BCUT2D eigenvalue weighted by Gasteiger charge is 2.52. The number of aromatic nitrogens is 2. The molecule has 1 saturated carbocycles. The summed E-state index contributed by atoms with van der Waals surface area (Å²) in [5, 5.41) is 7.58. The standard InChI is InChI=1S/C23H29N5O4/c1-14(2)16-4-6-17(7-5-16)20-24-19(32-27-20)9-8-18(29)26-28-21(30)23(25-22(28)31)12-10-15(3)11-13-23/h4-7,14-15H,8-13H2,1-3H3,(H,25,31)(H,26,29). The van der Waals surface area contributed by atoms with E-state index in [1.54, 1.807) is 0 Å². The smallest absolute Gasteiger partial charge is 0.339 e. The number of nitrogens with one attached hydrogen (secondary N) is 2. The van der Waals surface area contributed by atoms with Crippen molar-refractivity contribution in [1.29, 1.82) is 0 Å². The van der Waals surface area contributed by atoms with Gasteiger partial charge in [0.15, 0.2) is 0 Å². The van der Waals surface area contributed by atoms with Gasteiger partial charge < -0.3 is 9.84 Å². The number of aryl methyl sites for hydroxylation is 1. The number of carbonyl (C=O) groups is 3. The van der Waals surface area contributed by atoms with Crippen LogP contribution in [0.5, 0.6) is 0 Å². The first-order chi connectivity index (χ1) is 15.3. The summed E-state index contributed by atoms with van der Waals surface area (Å²) in [5.41, 5.74) is 3.60. The van der Waals surface area contributed by atoms with E-state index in [-0.39, 0.29) is 18.7 Å². The molecule has 4 amide bonds. The summed E-state index contributed by atoms with van der Waals surface area (Å²) in [7, 11) is 0. The van der Waals surface area contributed by atoms with Crippen LogP contribution in [0.3, 0.4) is 0 Å². The van der Waals surface area contributed by atoms with Crippen molar-refractivity contribution in [2.24, 2.45) is 5.92 Å². The van der Waals surface area contributed by atoms with Crippen molar-refractivity contribution in [3.63, 3.8) is 0 Å². The Morgan fingerprint density at radius 1 is 1.25 bits per heavy atom. The maximum absolute atomic E-state index is 12.8. The van der Waals surface area contributed by atoms with E-state index in [0.29, 0.717) is 36.4 Å². The molecule has 2 aliphatic rings. The summed E-state index contributed by atoms with van der Waals surface area (Å²) in [6, 6.07) is 7.36. The zero-order chi connectivity index (χ0) is 22.9. The summed E-state index contributed by atoms with van der Waals surface area (Å²) < 4.78 is 5.26. The van der Waals surface area contributed by atoms with Gasteiger partial charge >= 0.3 is 6.03 Å². The quantitative estimate of drug-likeness (QED) is 0.667. The molecule has 0 bridgehead atoms. The third-order valence-corrected chi connectivity index (χ3v) is 6.40. The van der Waals surface area contributed by atoms with Crippen molar-refractivity contribution >= 4 is 17.8 Å². The van der Waals surface area contributed by atoms with Crippen LogP contribution in [0.4, 0.5) is 4.79 Å². The Morgan fingerprint density at radius 2 is 1.94 bits per heavy atom. The fourth-order valence-electron chi connectivity index (χ4n) is 4.21. The van der Waals surface area contributed by atoms with Crippen molar-refractivity contribution in [3.05, 3.63) is 35.7 Å². The minimum absolute atomic E-state index is 0.00894. The molecule has 32 heavy (non-hydrogen) atoms. The predicted octanol–water partition coefficient (Wildman–Crippen LogP) is 3.32. The minimum Gasteiger partial charge on any atom is -0.339 e. The monoisotopic (exact) mass is 439 g/mol. The third kappa shape index (κ3) is 4.37. The van der Waals surface area contributed by atoms with E-state index in [9.17, 15) is 14.4 Å². The van der Waals surface area contributed by atoms with Crippen molar-refractivity contribution in [2.75, 3.05) is 0 Å². The first-order valence-corrected chi connectivity index (χ1v) is 11.2. The van der Waals surface area contributed by atoms with Gasteiger partial charge in [-0.25, -0.2) is 4.79 Å². The number of rotatable bonds is 6. The molecule has 1 spiro atoms. The highest BCUT2D eigenvalue weighted by atomic mass is 16.5. The van der Waals surface area contributed by atoms with E-state index in [2.05, 4.69) is 41.7 Å². The van der Waals surface area contributed by atoms with Crippen LogP contribution in [-0.2, 0) is 16.0 Å². The zero-order valence-electron chi connectivity index (χ0n) is 18.7. The number of hydrazine groups is 1. The molecule has 2 N–H and O–H groups in total. The Morgan fingerprint density at radius 3 is 2.59 bits per heavy atom. The van der Waals surface area contributed by atoms with Gasteiger partial charge in [0.25, 0.3) is 5.91 Å². The van der Waals surface area contributed by atoms with Crippen LogP contribution in [0.25, 0.3) is 11.4 Å². The Hall–Kier alpha value is -3.23. The molecule has 2 heterocycles. The molecule has 4 rings (SSSR count). The van der Waals surface area contributed by atoms with Crippen molar-refractivity contribution < 1.29 is 18.9 Å². The van der Waals surface area contributed by atoms with Crippen LogP contribution in [0.2, 0.25) is 0 Å². The Labute approximate surface area is 186 Å². The van der Waals surface area contributed by atoms with E-state index >= 15 is 0 Å². The normalized spacial score (nSPS) is 23.1. The van der Waals surface area contributed by atoms with E-state index in [0.717, 1.165) is 23.4 Å². The van der Waals surface area contributed by atoms with Crippen LogP contribution in [0, 0.1) is 5.92 Å². The van der Waals surface area contributed by atoms with Gasteiger partial charge in [0, 0.05) is 18.4 Å². The number of benzene rings is 1. The van der Waals surface area contributed by atoms with E-state index in [4.69, 9.17) is 4.52 Å². The molecule has 9 nitrogen and oxygen atoms in total. The predicted molar refractivity (Wildman–Crippen MR) is 116 cm³/mol. The molecule has 1 saturated heterocycles. The fraction of sp³-hybridized carbons (Fsp3) is 0.522. The summed E-state index contributed by atoms with van der Waals surface area (Å²) in [4.78, 5) is 41.9. The topological polar surface area (TPSA) is 117 Å². The fourth-order valence-corrected chi connectivity index (χ4v) is 4.21. The maximum Gasteiger partial charge on any atom is 0.344 e. The van der Waals surface area contributed by atoms with Gasteiger partial charge in [0.05, 0.1) is 0 Å². The first kappa shape index (κ1) is 22.0. The number of carbonyl (C=O) groups excluding carboxylic acids is 3. The Balaban J connectivity index is 1.32. The van der Waals surface area contributed by atoms with Crippen LogP contribution in [0.1, 0.15) is 70.2 Å². The second-order valence-electron chi connectivity index (χ2n) is 9.16. The van der Waals surface area contributed by atoms with E-state index in [1.165, 1.54) is 5.56 Å². The first-order valence-electron chi connectivity index (χ1n) is 11.2. The van der Waals surface area contributed by atoms with Gasteiger partial charge in [-0.3, -0.25) is 15.0 Å². The van der Waals surface area contributed by atoms with Gasteiger partial charge in [-0.1, -0.05) is 50.2 Å². The number of hydrogen-bond donors (Lipinski definition) is 2. The lowest BCUT2D eigenvalue weighted by Gasteiger charge is -2.33. The van der Waals surface area contributed by atoms with Gasteiger partial charge in [-0.05, 0) is 43.1 Å². The molecule has 1 aromatic carbocycles. The average Bonchev–Trinajstić information content (AvgIpc) is 3.34. The molecule has 1 aliphatic carbocycles. The molecule has 2 aromatic rings. The largest absolute Gasteiger partial charge is 0.344 e. The summed E-state index contributed by atoms with van der Waals surface area (Å²) in [6.45, 7) is 6.39. The molecule has 0 atom stereocenters. The number of amides is 4. The second-order valence-corrected chi connectivity index (χ2v) is 9.16. The highest BCUT2D eigenvalue weighted by molar-refractivity contribution is 6.08. The van der Waals surface area contributed by atoms with Crippen LogP contribution in [-0.4, -0.2) is 38.5 Å². The molecule has 2 fully saturated rings. The van der Waals surface area contributed by atoms with E-state index < -0.39 is 17.5 Å². The highest BCUT2D eigenvalue weighted by Crippen LogP contribution is 2.35. The van der Waals surface area contributed by atoms with Crippen molar-refractivity contribution in [3.8, 4) is 11.4 Å². The number of nitrogens with zero attached hydrogens (tertiary/aromatic N) is 3. The molecule has 1 aliphatic heterocycles. The molecular formula is C23H29N5O4. The molecule has 9 heteroatoms. The lowest BCUT2D eigenvalue weighted by molar-refractivity contribution is -0.140. The maximum atomic E-state index is 12.8. The number of urea groups is 1. The van der Waals surface area contributed by atoms with Crippen LogP contribution >= 0.6 is 0 Å². The second kappa shape index (κ2) is 8.72. The molecule has 0 unspecified atom stereocenters. The van der Waals surface area contributed by atoms with Gasteiger partial charge in [-0.15, -0.1) is 0 Å². The lowest BCUT2D eigenvalue weighted by atomic mass is 9.77. The van der Waals surface area contributed by atoms with Crippen LogP contribution < -0.4 is 10.7 Å². The number of hydrogen-bond acceptors (Lipinski definition) is 6. The van der Waals surface area contributed by atoms with E-state index in [1.807, 2.05) is 24.3 Å². The third-order valence-electron chi connectivity index (χ3n) is 6.40. The molecule has 170 valence electrons. The Kier molecular flexibility index (Phi) is 5.99. The summed E-state index contributed by atoms with van der Waals surface area (Å²) >= 11 is 0. The summed E-state index contributed by atoms with van der Waals surface area (Å²) in [5.74, 6) is 0.894. The van der Waals surface area contributed by atoms with Crippen LogP contribution in [0.15, 0.2) is 28.8 Å². The lowest BCUT2D eigenvalue weighted by Crippen LogP contribution is -2.51. The summed E-state index contributed by atoms with van der Waals surface area (Å²) in [6.07, 6.45) is 3.13.